The Morgan fingerprint density at radius 1 is 1.83 bits per heavy atom. The smallest absolute Gasteiger partial charge is 0.120 e. The van der Waals surface area contributed by atoms with Gasteiger partial charge in [0.25, 0.3) is 0 Å². The number of hydrogen-bond donors (Lipinski definition) is 1. The molecule has 0 atom stereocenters. The molecule has 0 aromatic carbocycles. The van der Waals surface area contributed by atoms with E-state index in [1.165, 1.54) is 10.8 Å². The lowest BCUT2D eigenvalue weighted by Crippen LogP contribution is -1.73. The summed E-state index contributed by atoms with van der Waals surface area (Å²) in [5.74, 6) is 0.826. The highest BCUT2D eigenvalue weighted by Crippen LogP contribution is 2.03. The van der Waals surface area contributed by atoms with Crippen LogP contribution < -0.4 is 0 Å². The fourth-order valence-electron chi connectivity index (χ4n) is 0.101. The third-order valence-corrected chi connectivity index (χ3v) is 1.29. The van der Waals surface area contributed by atoms with E-state index in [9.17, 15) is 4.79 Å². The first kappa shape index (κ1) is 6.37. The Hall–Kier alpha value is 0.370. The third-order valence-electron chi connectivity index (χ3n) is 0.327. The van der Waals surface area contributed by atoms with E-state index in [1.807, 2.05) is 0 Å². The molecule has 0 bridgehead atoms. The van der Waals surface area contributed by atoms with Crippen LogP contribution in [-0.2, 0) is 4.79 Å². The predicted molar refractivity (Wildman–Crippen MR) is 32.1 cm³/mol. The van der Waals surface area contributed by atoms with Crippen LogP contribution in [0.2, 0.25) is 0 Å². The van der Waals surface area contributed by atoms with E-state index in [2.05, 4.69) is 11.7 Å². The molecule has 0 N–H and O–H groups in total. The molecule has 0 aromatic heterocycles. The van der Waals surface area contributed by atoms with Gasteiger partial charge in [0.1, 0.15) is 6.29 Å². The Bertz CT molecular complexity index is 37.8. The number of carbonyl (C=O) groups excluding carboxylic acids is 1. The molecule has 1 nitrogen and oxygen atoms in total. The number of aldehydes is 1. The fraction of sp³-hybridized carbons (Fsp3) is 0.667. The highest BCUT2D eigenvalue weighted by molar-refractivity contribution is 8.68. The molecule has 0 aliphatic carbocycles. The summed E-state index contributed by atoms with van der Waals surface area (Å²) < 4.78 is 0. The molecule has 0 unspecified atom stereocenters. The van der Waals surface area contributed by atoms with Gasteiger partial charge in [-0.05, 0) is 0 Å². The summed E-state index contributed by atoms with van der Waals surface area (Å²) in [6.45, 7) is 0. The summed E-state index contributed by atoms with van der Waals surface area (Å²) in [7, 11) is 1.39. The first-order valence-electron chi connectivity index (χ1n) is 1.62. The van der Waals surface area contributed by atoms with Gasteiger partial charge in [-0.2, -0.15) is 0 Å². The van der Waals surface area contributed by atoms with Gasteiger partial charge in [0, 0.05) is 12.2 Å². The van der Waals surface area contributed by atoms with Gasteiger partial charge in [-0.15, -0.1) is 11.7 Å². The van der Waals surface area contributed by atoms with Crippen LogP contribution in [0.3, 0.4) is 0 Å². The highest BCUT2D eigenvalue weighted by atomic mass is 33.1. The van der Waals surface area contributed by atoms with Crippen LogP contribution in [-0.4, -0.2) is 12.0 Å². The zero-order valence-corrected chi connectivity index (χ0v) is 4.97. The van der Waals surface area contributed by atoms with Crippen LogP contribution >= 0.6 is 22.5 Å². The Balaban J connectivity index is 2.49. The monoisotopic (exact) mass is 122 g/mol. The normalized spacial score (nSPS) is 8.17. The zero-order valence-electron chi connectivity index (χ0n) is 3.26. The number of thiol groups is 1. The molecule has 0 saturated carbocycles. The van der Waals surface area contributed by atoms with Gasteiger partial charge < -0.3 is 4.79 Å². The van der Waals surface area contributed by atoms with Crippen LogP contribution in [0.25, 0.3) is 0 Å². The molecule has 36 valence electrons. The molecule has 0 aliphatic heterocycles. The fourth-order valence-corrected chi connectivity index (χ4v) is 0.619. The van der Waals surface area contributed by atoms with E-state index in [1.54, 1.807) is 0 Å². The van der Waals surface area contributed by atoms with Crippen molar-refractivity contribution in [2.24, 2.45) is 0 Å². The van der Waals surface area contributed by atoms with Crippen molar-refractivity contribution in [3.63, 3.8) is 0 Å². The summed E-state index contributed by atoms with van der Waals surface area (Å²) in [5, 5.41) is 0. The maximum atomic E-state index is 9.52. The second-order valence-corrected chi connectivity index (χ2v) is 2.23. The minimum absolute atomic E-state index is 0.619. The largest absolute Gasteiger partial charge is 0.303 e. The maximum absolute atomic E-state index is 9.52. The Morgan fingerprint density at radius 2 is 2.50 bits per heavy atom. The lowest BCUT2D eigenvalue weighted by molar-refractivity contribution is -0.107. The summed E-state index contributed by atoms with van der Waals surface area (Å²) in [5.41, 5.74) is 0. The molecule has 0 rings (SSSR count). The van der Waals surface area contributed by atoms with Gasteiger partial charge in [0.15, 0.2) is 0 Å². The molecular weight excluding hydrogens is 116 g/mol. The third kappa shape index (κ3) is 4.37. The molecular formula is C3H6OS2. The van der Waals surface area contributed by atoms with Crippen molar-refractivity contribution < 1.29 is 4.79 Å². The highest BCUT2D eigenvalue weighted by Gasteiger charge is 1.75. The van der Waals surface area contributed by atoms with Crippen LogP contribution in [0.15, 0.2) is 0 Å². The summed E-state index contributed by atoms with van der Waals surface area (Å²) in [6, 6.07) is 0. The van der Waals surface area contributed by atoms with Crippen LogP contribution in [0, 0.1) is 0 Å². The molecule has 0 aromatic rings. The second kappa shape index (κ2) is 5.37. The van der Waals surface area contributed by atoms with Crippen molar-refractivity contribution in [2.45, 2.75) is 6.42 Å². The molecule has 0 fully saturated rings. The second-order valence-electron chi connectivity index (χ2n) is 0.789. The Morgan fingerprint density at radius 3 is 2.67 bits per heavy atom. The van der Waals surface area contributed by atoms with Crippen molar-refractivity contribution in [1.82, 2.24) is 0 Å². The number of rotatable bonds is 3. The number of carbonyl (C=O) groups is 1. The van der Waals surface area contributed by atoms with Crippen molar-refractivity contribution in [3.8, 4) is 0 Å². The van der Waals surface area contributed by atoms with Gasteiger partial charge in [-0.3, -0.25) is 0 Å². The molecule has 0 amide bonds. The Labute approximate surface area is 46.3 Å². The van der Waals surface area contributed by atoms with E-state index in [4.69, 9.17) is 0 Å². The van der Waals surface area contributed by atoms with Crippen LogP contribution in [0.1, 0.15) is 6.42 Å². The van der Waals surface area contributed by atoms with Crippen molar-refractivity contribution >= 4 is 28.7 Å². The van der Waals surface area contributed by atoms with Gasteiger partial charge >= 0.3 is 0 Å². The van der Waals surface area contributed by atoms with Crippen molar-refractivity contribution in [3.05, 3.63) is 0 Å². The summed E-state index contributed by atoms with van der Waals surface area (Å²) >= 11 is 3.81. The maximum Gasteiger partial charge on any atom is 0.120 e. The predicted octanol–water partition coefficient (Wildman–Crippen LogP) is 1.15. The Kier molecular flexibility index (Phi) is 5.70. The van der Waals surface area contributed by atoms with Gasteiger partial charge in [-0.25, -0.2) is 0 Å². The SMILES string of the molecule is O=CCCSS. The van der Waals surface area contributed by atoms with Crippen LogP contribution in [0.5, 0.6) is 0 Å². The minimum Gasteiger partial charge on any atom is -0.303 e. The van der Waals surface area contributed by atoms with Gasteiger partial charge in [0.2, 0.25) is 0 Å². The van der Waals surface area contributed by atoms with Crippen molar-refractivity contribution in [1.29, 1.82) is 0 Å². The van der Waals surface area contributed by atoms with E-state index < -0.39 is 0 Å². The van der Waals surface area contributed by atoms with E-state index in [-0.39, 0.29) is 0 Å². The van der Waals surface area contributed by atoms with Crippen LogP contribution in [0.4, 0.5) is 0 Å². The van der Waals surface area contributed by atoms with Crippen molar-refractivity contribution in [2.75, 3.05) is 5.75 Å². The molecule has 3 heteroatoms. The minimum atomic E-state index is 0.619. The standard InChI is InChI=1S/C3H6OS2/c4-2-1-3-6-5/h2,5H,1,3H2. The van der Waals surface area contributed by atoms with Gasteiger partial charge in [-0.1, -0.05) is 10.8 Å². The van der Waals surface area contributed by atoms with E-state index in [0.717, 1.165) is 12.0 Å². The quantitative estimate of drug-likeness (QED) is 0.262. The summed E-state index contributed by atoms with van der Waals surface area (Å²) in [6.07, 6.45) is 1.51. The molecule has 0 saturated heterocycles. The zero-order chi connectivity index (χ0) is 4.83. The first-order chi connectivity index (χ1) is 2.91. The average molecular weight is 122 g/mol. The lowest BCUT2D eigenvalue weighted by Gasteiger charge is -1.78. The molecule has 0 spiro atoms. The molecule has 0 aliphatic rings. The van der Waals surface area contributed by atoms with Gasteiger partial charge in [0.05, 0.1) is 0 Å². The number of hydrogen-bond acceptors (Lipinski definition) is 3. The van der Waals surface area contributed by atoms with E-state index >= 15 is 0 Å². The topological polar surface area (TPSA) is 17.1 Å². The first-order valence-corrected chi connectivity index (χ1v) is 3.65. The molecule has 0 radical (unpaired) electrons. The lowest BCUT2D eigenvalue weighted by atomic mass is 10.6. The molecule has 6 heavy (non-hydrogen) atoms. The van der Waals surface area contributed by atoms with E-state index in [0.29, 0.717) is 6.42 Å². The average Bonchev–Trinajstić information content (AvgIpc) is 1.61. The molecule has 0 heterocycles. The summed E-state index contributed by atoms with van der Waals surface area (Å²) in [4.78, 5) is 9.52.